The molecule has 0 unspecified atom stereocenters. The number of rotatable bonds is 6. The number of fused-ring (bicyclic) bond motifs is 10. The Bertz CT molecular complexity index is 3930. The minimum Gasteiger partial charge on any atom is -0.456 e. The van der Waals surface area contributed by atoms with Gasteiger partial charge in [0, 0.05) is 32.8 Å². The van der Waals surface area contributed by atoms with Gasteiger partial charge in [-0.05, 0) is 128 Å². The summed E-state index contributed by atoms with van der Waals surface area (Å²) in [5, 5.41) is 11.5. The smallest absolute Gasteiger partial charge is 0.143 e. The van der Waals surface area contributed by atoms with E-state index >= 15 is 0 Å². The second kappa shape index (κ2) is 14.1. The Morgan fingerprint density at radius 1 is 0.286 bits per heavy atom. The van der Waals surface area contributed by atoms with Gasteiger partial charge in [-0.25, -0.2) is 0 Å². The first kappa shape index (κ1) is 35.4. The van der Waals surface area contributed by atoms with Crippen LogP contribution in [0.15, 0.2) is 233 Å². The number of anilines is 3. The Hall–Kier alpha value is -8.40. The molecule has 0 amide bonds. The maximum atomic E-state index is 6.77. The lowest BCUT2D eigenvalue weighted by atomic mass is 9.96. The van der Waals surface area contributed by atoms with E-state index in [0.717, 1.165) is 88.4 Å². The van der Waals surface area contributed by atoms with Crippen LogP contribution in [-0.2, 0) is 0 Å². The lowest BCUT2D eigenvalue weighted by molar-refractivity contribution is 0.669. The first-order valence-corrected chi connectivity index (χ1v) is 21.5. The van der Waals surface area contributed by atoms with E-state index in [0.29, 0.717) is 0 Å². The van der Waals surface area contributed by atoms with Crippen molar-refractivity contribution < 1.29 is 8.83 Å². The summed E-state index contributed by atoms with van der Waals surface area (Å²) >= 11 is 0. The third-order valence-electron chi connectivity index (χ3n) is 12.8. The van der Waals surface area contributed by atoms with Crippen molar-refractivity contribution in [2.75, 3.05) is 4.90 Å². The highest BCUT2D eigenvalue weighted by Crippen LogP contribution is 2.48. The second-order valence-corrected chi connectivity index (χ2v) is 16.5. The lowest BCUT2D eigenvalue weighted by Crippen LogP contribution is -2.11. The Labute approximate surface area is 363 Å². The van der Waals surface area contributed by atoms with Crippen molar-refractivity contribution in [3.63, 3.8) is 0 Å². The molecule has 11 aromatic carbocycles. The van der Waals surface area contributed by atoms with E-state index in [9.17, 15) is 0 Å². The summed E-state index contributed by atoms with van der Waals surface area (Å²) in [6.45, 7) is 0. The molecule has 13 rings (SSSR count). The number of hydrogen-bond acceptors (Lipinski definition) is 3. The molecule has 63 heavy (non-hydrogen) atoms. The van der Waals surface area contributed by atoms with Gasteiger partial charge >= 0.3 is 0 Å². The highest BCUT2D eigenvalue weighted by molar-refractivity contribution is 6.20. The molecule has 13 aromatic rings. The quantitative estimate of drug-likeness (QED) is 0.168. The molecule has 0 N–H and O–H groups in total. The van der Waals surface area contributed by atoms with Crippen LogP contribution in [0.25, 0.3) is 110 Å². The molecular formula is C60H37NO2. The van der Waals surface area contributed by atoms with Crippen molar-refractivity contribution in [3.05, 3.63) is 224 Å². The number of benzene rings is 11. The van der Waals surface area contributed by atoms with Gasteiger partial charge in [0.1, 0.15) is 22.3 Å². The third kappa shape index (κ3) is 5.82. The van der Waals surface area contributed by atoms with Crippen molar-refractivity contribution in [2.45, 2.75) is 0 Å². The Kier molecular flexibility index (Phi) is 7.91. The topological polar surface area (TPSA) is 29.5 Å². The van der Waals surface area contributed by atoms with Crippen LogP contribution >= 0.6 is 0 Å². The lowest BCUT2D eigenvalue weighted by Gasteiger charge is -2.28. The van der Waals surface area contributed by atoms with Gasteiger partial charge < -0.3 is 13.7 Å². The summed E-state index contributed by atoms with van der Waals surface area (Å²) in [5.74, 6) is 0. The van der Waals surface area contributed by atoms with Gasteiger partial charge in [0.15, 0.2) is 0 Å². The number of para-hydroxylation sites is 1. The first-order chi connectivity index (χ1) is 31.2. The molecule has 3 nitrogen and oxygen atoms in total. The van der Waals surface area contributed by atoms with Crippen molar-refractivity contribution >= 4 is 93.3 Å². The summed E-state index contributed by atoms with van der Waals surface area (Å²) in [6.07, 6.45) is 0. The van der Waals surface area contributed by atoms with Gasteiger partial charge in [-0.1, -0.05) is 152 Å². The maximum Gasteiger partial charge on any atom is 0.143 e. The molecule has 0 atom stereocenters. The van der Waals surface area contributed by atoms with Gasteiger partial charge in [-0.3, -0.25) is 0 Å². The summed E-state index contributed by atoms with van der Waals surface area (Å²) < 4.78 is 13.2. The van der Waals surface area contributed by atoms with Crippen LogP contribution in [0.5, 0.6) is 0 Å². The molecule has 0 fully saturated rings. The molecule has 3 heteroatoms. The van der Waals surface area contributed by atoms with Crippen LogP contribution < -0.4 is 4.90 Å². The minimum absolute atomic E-state index is 0.849. The zero-order valence-corrected chi connectivity index (χ0v) is 34.1. The summed E-state index contributed by atoms with van der Waals surface area (Å²) in [5.41, 5.74) is 13.6. The van der Waals surface area contributed by atoms with Gasteiger partial charge in [-0.15, -0.1) is 0 Å². The number of hydrogen-bond donors (Lipinski definition) is 0. The van der Waals surface area contributed by atoms with Crippen molar-refractivity contribution in [3.8, 4) is 33.4 Å². The maximum absolute atomic E-state index is 6.77. The number of nitrogens with zero attached hydrogens (tertiary/aromatic N) is 1. The van der Waals surface area contributed by atoms with E-state index in [2.05, 4.69) is 229 Å². The zero-order valence-electron chi connectivity index (χ0n) is 34.1. The molecule has 0 aliphatic rings. The first-order valence-electron chi connectivity index (χ1n) is 21.5. The summed E-state index contributed by atoms with van der Waals surface area (Å²) in [6, 6.07) is 80.6. The minimum atomic E-state index is 0.849. The monoisotopic (exact) mass is 803 g/mol. The average molecular weight is 804 g/mol. The van der Waals surface area contributed by atoms with Gasteiger partial charge in [0.25, 0.3) is 0 Å². The summed E-state index contributed by atoms with van der Waals surface area (Å²) in [4.78, 5) is 2.41. The predicted molar refractivity (Wildman–Crippen MR) is 265 cm³/mol. The third-order valence-corrected chi connectivity index (χ3v) is 12.8. The Morgan fingerprint density at radius 3 is 1.76 bits per heavy atom. The van der Waals surface area contributed by atoms with Crippen molar-refractivity contribution in [1.82, 2.24) is 0 Å². The fourth-order valence-corrected chi connectivity index (χ4v) is 9.72. The zero-order chi connectivity index (χ0) is 41.4. The van der Waals surface area contributed by atoms with E-state index in [1.807, 2.05) is 0 Å². The molecular weight excluding hydrogens is 767 g/mol. The molecule has 0 saturated carbocycles. The summed E-state index contributed by atoms with van der Waals surface area (Å²) in [7, 11) is 0. The van der Waals surface area contributed by atoms with Crippen LogP contribution in [0.3, 0.4) is 0 Å². The Morgan fingerprint density at radius 2 is 0.905 bits per heavy atom. The molecule has 2 heterocycles. The molecule has 0 bridgehead atoms. The van der Waals surface area contributed by atoms with Crippen LogP contribution in [-0.4, -0.2) is 0 Å². The number of furan rings is 2. The van der Waals surface area contributed by atoms with Crippen LogP contribution in [0.1, 0.15) is 0 Å². The van der Waals surface area contributed by atoms with Gasteiger partial charge in [0.2, 0.25) is 0 Å². The largest absolute Gasteiger partial charge is 0.456 e. The van der Waals surface area contributed by atoms with Crippen LogP contribution in [0, 0.1) is 0 Å². The molecule has 0 spiro atoms. The van der Waals surface area contributed by atoms with E-state index in [1.54, 1.807) is 0 Å². The van der Waals surface area contributed by atoms with Crippen LogP contribution in [0.2, 0.25) is 0 Å². The standard InChI is InChI=1S/C60H37NO2/c1-2-13-41-34-46(24-23-38(41)11-1)43-17-9-16-42(33-43)39-25-29-48(30-26-39)61(55-21-10-22-57-59(55)51-31-27-40-12-5-6-19-50(40)60(51)63-57)54-20-8-7-18-49(54)47-28-32-56-52(36-47)53-35-44-14-3-4-15-45(44)37-58(53)62-56/h1-37H. The van der Waals surface area contributed by atoms with E-state index in [-0.39, 0.29) is 0 Å². The molecule has 0 aliphatic heterocycles. The van der Waals surface area contributed by atoms with E-state index in [4.69, 9.17) is 8.83 Å². The highest BCUT2D eigenvalue weighted by Gasteiger charge is 2.23. The molecule has 0 aliphatic carbocycles. The SMILES string of the molecule is c1cc(-c2ccc(N(c3ccccc3-c3ccc4oc5cc6ccccc6cc5c4c3)c3cccc4oc5c6ccccc6ccc5c34)cc2)cc(-c2ccc3ccccc3c2)c1. The molecule has 294 valence electrons. The fraction of sp³-hybridized carbons (Fsp3) is 0. The molecule has 0 radical (unpaired) electrons. The molecule has 0 saturated heterocycles. The van der Waals surface area contributed by atoms with E-state index in [1.165, 1.54) is 38.2 Å². The van der Waals surface area contributed by atoms with Gasteiger partial charge in [0.05, 0.1) is 16.8 Å². The van der Waals surface area contributed by atoms with Crippen molar-refractivity contribution in [1.29, 1.82) is 0 Å². The normalized spacial score (nSPS) is 11.8. The molecule has 2 aromatic heterocycles. The van der Waals surface area contributed by atoms with Gasteiger partial charge in [-0.2, -0.15) is 0 Å². The van der Waals surface area contributed by atoms with Crippen LogP contribution in [0.4, 0.5) is 17.1 Å². The fourth-order valence-electron chi connectivity index (χ4n) is 9.72. The predicted octanol–water partition coefficient (Wildman–Crippen LogP) is 17.4. The average Bonchev–Trinajstić information content (AvgIpc) is 3.92. The van der Waals surface area contributed by atoms with Crippen molar-refractivity contribution in [2.24, 2.45) is 0 Å². The highest BCUT2D eigenvalue weighted by atomic mass is 16.3. The second-order valence-electron chi connectivity index (χ2n) is 16.5. The van der Waals surface area contributed by atoms with E-state index < -0.39 is 0 Å². The Balaban J connectivity index is 0.985.